The maximum absolute atomic E-state index is 5.22. The van der Waals surface area contributed by atoms with Crippen LogP contribution in [0.4, 0.5) is 5.82 Å². The fourth-order valence-corrected chi connectivity index (χ4v) is 2.21. The Balaban J connectivity index is 1.91. The summed E-state index contributed by atoms with van der Waals surface area (Å²) in [5.41, 5.74) is 2.52. The van der Waals surface area contributed by atoms with Gasteiger partial charge in [-0.25, -0.2) is 4.98 Å². The first kappa shape index (κ1) is 14.1. The molecule has 0 N–H and O–H groups in total. The molecule has 1 saturated heterocycles. The third kappa shape index (κ3) is 3.80. The van der Waals surface area contributed by atoms with Gasteiger partial charge in [0.1, 0.15) is 5.82 Å². The fourth-order valence-electron chi connectivity index (χ4n) is 2.21. The monoisotopic (exact) mass is 260 g/mol. The first-order chi connectivity index (χ1) is 9.20. The minimum atomic E-state index is 0.578. The normalized spacial score (nSPS) is 15.1. The Labute approximate surface area is 116 Å². The third-order valence-corrected chi connectivity index (χ3v) is 3.63. The minimum absolute atomic E-state index is 0.578. The van der Waals surface area contributed by atoms with Gasteiger partial charge in [0.2, 0.25) is 0 Å². The van der Waals surface area contributed by atoms with Crippen LogP contribution in [-0.2, 0) is 4.74 Å². The molecule has 2 heterocycles. The summed E-state index contributed by atoms with van der Waals surface area (Å²) in [6.45, 7) is 12.2. The number of ether oxygens (including phenoxy) is 1. The molecule has 104 valence electrons. The van der Waals surface area contributed by atoms with Crippen molar-refractivity contribution >= 4 is 5.82 Å². The highest BCUT2D eigenvalue weighted by atomic mass is 16.5. The van der Waals surface area contributed by atoms with Gasteiger partial charge >= 0.3 is 0 Å². The highest BCUT2D eigenvalue weighted by Gasteiger charge is 2.21. The predicted molar refractivity (Wildman–Crippen MR) is 79.5 cm³/mol. The molecule has 2 rings (SSSR count). The molecule has 19 heavy (non-hydrogen) atoms. The molecule has 1 aliphatic rings. The van der Waals surface area contributed by atoms with Crippen LogP contribution in [0.5, 0.6) is 0 Å². The van der Waals surface area contributed by atoms with Crippen molar-refractivity contribution < 1.29 is 4.74 Å². The molecule has 0 aromatic carbocycles. The van der Waals surface area contributed by atoms with Crippen molar-refractivity contribution in [1.29, 1.82) is 0 Å². The van der Waals surface area contributed by atoms with Crippen molar-refractivity contribution in [2.75, 3.05) is 31.2 Å². The van der Waals surface area contributed by atoms with E-state index in [0.717, 1.165) is 45.0 Å². The first-order valence-corrected chi connectivity index (χ1v) is 7.13. The summed E-state index contributed by atoms with van der Waals surface area (Å²) in [4.78, 5) is 6.88. The number of hydrogen-bond donors (Lipinski definition) is 0. The predicted octanol–water partition coefficient (Wildman–Crippen LogP) is 3.20. The van der Waals surface area contributed by atoms with Crippen molar-refractivity contribution in [2.45, 2.75) is 26.7 Å². The van der Waals surface area contributed by atoms with Gasteiger partial charge in [-0.3, -0.25) is 0 Å². The summed E-state index contributed by atoms with van der Waals surface area (Å²) in [6.07, 6.45) is 4.10. The number of hydrogen-bond acceptors (Lipinski definition) is 3. The van der Waals surface area contributed by atoms with Gasteiger partial charge in [0.05, 0.1) is 13.2 Å². The van der Waals surface area contributed by atoms with Crippen molar-refractivity contribution in [3.05, 3.63) is 36.0 Å². The molecule has 3 heteroatoms. The smallest absolute Gasteiger partial charge is 0.128 e. The van der Waals surface area contributed by atoms with Crippen LogP contribution in [0, 0.1) is 12.8 Å². The summed E-state index contributed by atoms with van der Waals surface area (Å²) >= 11 is 0. The summed E-state index contributed by atoms with van der Waals surface area (Å²) in [5.74, 6) is 1.65. The molecular weight excluding hydrogens is 236 g/mol. The van der Waals surface area contributed by atoms with Gasteiger partial charge in [0.15, 0.2) is 0 Å². The number of aromatic nitrogens is 1. The van der Waals surface area contributed by atoms with Gasteiger partial charge in [-0.2, -0.15) is 0 Å². The molecule has 1 aliphatic heterocycles. The van der Waals surface area contributed by atoms with Gasteiger partial charge in [-0.15, -0.1) is 0 Å². The molecule has 0 amide bonds. The van der Waals surface area contributed by atoms with E-state index in [2.05, 4.69) is 42.4 Å². The number of nitrogens with zero attached hydrogens (tertiary/aromatic N) is 2. The standard InChI is InChI=1S/C16H24N2O/c1-4-8-18(16-6-5-13(2)10-17-16)9-7-14(3)15-11-19-12-15/h5-6,10,15H,3-4,7-9,11-12H2,1-2H3. The number of aryl methyl sites for hydroxylation is 1. The number of anilines is 1. The van der Waals surface area contributed by atoms with Crippen molar-refractivity contribution in [2.24, 2.45) is 5.92 Å². The second-order valence-electron chi connectivity index (χ2n) is 5.32. The maximum atomic E-state index is 5.22. The Morgan fingerprint density at radius 2 is 2.21 bits per heavy atom. The molecule has 0 radical (unpaired) electrons. The third-order valence-electron chi connectivity index (χ3n) is 3.63. The van der Waals surface area contributed by atoms with E-state index >= 15 is 0 Å². The summed E-state index contributed by atoms with van der Waals surface area (Å²) in [5, 5.41) is 0. The molecule has 3 nitrogen and oxygen atoms in total. The second kappa shape index (κ2) is 6.71. The van der Waals surface area contributed by atoms with E-state index in [4.69, 9.17) is 4.74 Å². The molecule has 0 unspecified atom stereocenters. The largest absolute Gasteiger partial charge is 0.380 e. The molecule has 1 fully saturated rings. The van der Waals surface area contributed by atoms with Crippen LogP contribution in [0.25, 0.3) is 0 Å². The van der Waals surface area contributed by atoms with Gasteiger partial charge in [0.25, 0.3) is 0 Å². The lowest BCUT2D eigenvalue weighted by Gasteiger charge is -2.30. The molecule has 0 spiro atoms. The van der Waals surface area contributed by atoms with Crippen LogP contribution in [0.15, 0.2) is 30.5 Å². The highest BCUT2D eigenvalue weighted by molar-refractivity contribution is 5.39. The van der Waals surface area contributed by atoms with Gasteiger partial charge < -0.3 is 9.64 Å². The zero-order valence-electron chi connectivity index (χ0n) is 12.1. The highest BCUT2D eigenvalue weighted by Crippen LogP contribution is 2.22. The maximum Gasteiger partial charge on any atom is 0.128 e. The number of rotatable bonds is 7. The van der Waals surface area contributed by atoms with Crippen LogP contribution in [0.3, 0.4) is 0 Å². The van der Waals surface area contributed by atoms with Crippen LogP contribution in [0.2, 0.25) is 0 Å². The van der Waals surface area contributed by atoms with E-state index in [1.165, 1.54) is 11.1 Å². The average molecular weight is 260 g/mol. The van der Waals surface area contributed by atoms with E-state index < -0.39 is 0 Å². The summed E-state index contributed by atoms with van der Waals surface area (Å²) in [6, 6.07) is 4.24. The first-order valence-electron chi connectivity index (χ1n) is 7.13. The van der Waals surface area contributed by atoms with Gasteiger partial charge in [0, 0.05) is 25.2 Å². The average Bonchev–Trinajstić information content (AvgIpc) is 2.33. The fraction of sp³-hybridized carbons (Fsp3) is 0.562. The second-order valence-corrected chi connectivity index (χ2v) is 5.32. The van der Waals surface area contributed by atoms with E-state index in [9.17, 15) is 0 Å². The molecule has 0 bridgehead atoms. The Bertz CT molecular complexity index is 409. The van der Waals surface area contributed by atoms with E-state index in [-0.39, 0.29) is 0 Å². The quantitative estimate of drug-likeness (QED) is 0.704. The van der Waals surface area contributed by atoms with Gasteiger partial charge in [-0.1, -0.05) is 25.1 Å². The van der Waals surface area contributed by atoms with E-state index in [1.54, 1.807) is 0 Å². The molecular formula is C16H24N2O. The van der Waals surface area contributed by atoms with Gasteiger partial charge in [-0.05, 0) is 31.4 Å². The Morgan fingerprint density at radius 1 is 1.42 bits per heavy atom. The lowest BCUT2D eigenvalue weighted by Crippen LogP contribution is -2.32. The van der Waals surface area contributed by atoms with Crippen molar-refractivity contribution in [1.82, 2.24) is 4.98 Å². The van der Waals surface area contributed by atoms with Crippen LogP contribution in [0.1, 0.15) is 25.3 Å². The molecule has 0 atom stereocenters. The molecule has 0 aliphatic carbocycles. The molecule has 1 aromatic heterocycles. The topological polar surface area (TPSA) is 25.4 Å². The van der Waals surface area contributed by atoms with E-state index in [0.29, 0.717) is 5.92 Å². The van der Waals surface area contributed by atoms with Crippen LogP contribution < -0.4 is 4.90 Å². The van der Waals surface area contributed by atoms with E-state index in [1.807, 2.05) is 6.20 Å². The Morgan fingerprint density at radius 3 is 2.74 bits per heavy atom. The summed E-state index contributed by atoms with van der Waals surface area (Å²) in [7, 11) is 0. The summed E-state index contributed by atoms with van der Waals surface area (Å²) < 4.78 is 5.22. The zero-order valence-corrected chi connectivity index (χ0v) is 12.1. The Kier molecular flexibility index (Phi) is 4.97. The minimum Gasteiger partial charge on any atom is -0.380 e. The SMILES string of the molecule is C=C(CCN(CCC)c1ccc(C)cn1)C1COC1. The number of pyridine rings is 1. The van der Waals surface area contributed by atoms with Crippen LogP contribution in [-0.4, -0.2) is 31.3 Å². The zero-order chi connectivity index (χ0) is 13.7. The lowest BCUT2D eigenvalue weighted by atomic mass is 9.96. The molecule has 0 saturated carbocycles. The Hall–Kier alpha value is -1.35. The van der Waals surface area contributed by atoms with Crippen molar-refractivity contribution in [3.8, 4) is 0 Å². The van der Waals surface area contributed by atoms with Crippen LogP contribution >= 0.6 is 0 Å². The van der Waals surface area contributed by atoms with Crippen molar-refractivity contribution in [3.63, 3.8) is 0 Å². The lowest BCUT2D eigenvalue weighted by molar-refractivity contribution is -0.0143. The molecule has 1 aromatic rings.